The van der Waals surface area contributed by atoms with E-state index in [1.807, 2.05) is 0 Å². The lowest BCUT2D eigenvalue weighted by Gasteiger charge is -2.33. The van der Waals surface area contributed by atoms with E-state index in [9.17, 15) is 0 Å². The largest absolute Gasteiger partial charge is 0.396 e. The topological polar surface area (TPSA) is 58.3 Å². The Kier molecular flexibility index (Phi) is 8.63. The molecule has 1 aliphatic heterocycles. The molecule has 12 heavy (non-hydrogen) atoms. The molecule has 0 aromatic carbocycles. The Balaban J connectivity index is 0. The van der Waals surface area contributed by atoms with Crippen molar-refractivity contribution >= 4 is 24.8 Å². The zero-order valence-electron chi connectivity index (χ0n) is 7.08. The summed E-state index contributed by atoms with van der Waals surface area (Å²) in [5.74, 6) is 0. The smallest absolute Gasteiger partial charge is 0.0448 e. The van der Waals surface area contributed by atoms with Crippen LogP contribution in [0.5, 0.6) is 0 Å². The van der Waals surface area contributed by atoms with Crippen molar-refractivity contribution in [1.82, 2.24) is 5.32 Å². The number of halogens is 2. The van der Waals surface area contributed by atoms with Crippen LogP contribution in [-0.2, 0) is 0 Å². The molecule has 0 aromatic heterocycles. The lowest BCUT2D eigenvalue weighted by Crippen LogP contribution is -2.49. The number of hydrogen-bond donors (Lipinski definition) is 3. The summed E-state index contributed by atoms with van der Waals surface area (Å²) < 4.78 is 0. The zero-order valence-corrected chi connectivity index (χ0v) is 8.72. The molecule has 0 unspecified atom stereocenters. The van der Waals surface area contributed by atoms with Gasteiger partial charge < -0.3 is 16.2 Å². The van der Waals surface area contributed by atoms with Gasteiger partial charge in [-0.25, -0.2) is 0 Å². The molecule has 1 fully saturated rings. The molecule has 1 heterocycles. The van der Waals surface area contributed by atoms with Gasteiger partial charge in [0.1, 0.15) is 0 Å². The second kappa shape index (κ2) is 6.92. The third-order valence-electron chi connectivity index (χ3n) is 2.21. The number of piperidine rings is 1. The molecular weight excluding hydrogens is 199 g/mol. The number of nitrogens with one attached hydrogen (secondary N) is 1. The van der Waals surface area contributed by atoms with E-state index in [0.717, 1.165) is 32.4 Å². The molecule has 0 aromatic rings. The van der Waals surface area contributed by atoms with Crippen LogP contribution in [0.15, 0.2) is 0 Å². The summed E-state index contributed by atoms with van der Waals surface area (Å²) in [6.07, 6.45) is 2.73. The predicted molar refractivity (Wildman–Crippen MR) is 55.2 cm³/mol. The van der Waals surface area contributed by atoms with Crippen molar-refractivity contribution in [2.45, 2.75) is 24.8 Å². The van der Waals surface area contributed by atoms with Crippen LogP contribution in [0.3, 0.4) is 0 Å². The van der Waals surface area contributed by atoms with Crippen molar-refractivity contribution < 1.29 is 5.11 Å². The van der Waals surface area contributed by atoms with Gasteiger partial charge in [0.2, 0.25) is 0 Å². The van der Waals surface area contributed by atoms with E-state index in [2.05, 4.69) is 5.32 Å². The lowest BCUT2D eigenvalue weighted by molar-refractivity contribution is 0.208. The van der Waals surface area contributed by atoms with Gasteiger partial charge in [0.25, 0.3) is 0 Å². The van der Waals surface area contributed by atoms with Gasteiger partial charge in [-0.3, -0.25) is 0 Å². The molecule has 76 valence electrons. The molecule has 0 spiro atoms. The highest BCUT2D eigenvalue weighted by molar-refractivity contribution is 5.85. The van der Waals surface area contributed by atoms with E-state index in [1.165, 1.54) is 0 Å². The van der Waals surface area contributed by atoms with Crippen LogP contribution >= 0.6 is 24.8 Å². The molecule has 3 nitrogen and oxygen atoms in total. The molecule has 0 amide bonds. The van der Waals surface area contributed by atoms with Crippen LogP contribution in [-0.4, -0.2) is 30.3 Å². The second-order valence-corrected chi connectivity index (χ2v) is 3.09. The van der Waals surface area contributed by atoms with E-state index in [1.54, 1.807) is 0 Å². The molecule has 0 bridgehead atoms. The van der Waals surface area contributed by atoms with Crippen molar-refractivity contribution in [3.8, 4) is 0 Å². The number of aliphatic hydroxyl groups is 1. The quantitative estimate of drug-likeness (QED) is 0.623. The van der Waals surface area contributed by atoms with Gasteiger partial charge >= 0.3 is 0 Å². The SMILES string of the molecule is Cl.Cl.NC1(CCO)CCNCC1. The third kappa shape index (κ3) is 4.48. The number of hydrogen-bond acceptors (Lipinski definition) is 3. The zero-order chi connectivity index (χ0) is 7.45. The average Bonchev–Trinajstić information content (AvgIpc) is 1.89. The first-order chi connectivity index (χ1) is 4.77. The molecule has 1 rings (SSSR count). The van der Waals surface area contributed by atoms with E-state index < -0.39 is 0 Å². The van der Waals surface area contributed by atoms with Gasteiger partial charge in [-0.2, -0.15) is 0 Å². The first-order valence-electron chi connectivity index (χ1n) is 3.87. The van der Waals surface area contributed by atoms with Crippen molar-refractivity contribution in [3.63, 3.8) is 0 Å². The van der Waals surface area contributed by atoms with E-state index in [0.29, 0.717) is 0 Å². The van der Waals surface area contributed by atoms with Crippen molar-refractivity contribution in [2.75, 3.05) is 19.7 Å². The lowest BCUT2D eigenvalue weighted by atomic mass is 9.87. The summed E-state index contributed by atoms with van der Waals surface area (Å²) in [4.78, 5) is 0. The molecule has 0 saturated carbocycles. The average molecular weight is 217 g/mol. The van der Waals surface area contributed by atoms with Crippen molar-refractivity contribution in [1.29, 1.82) is 0 Å². The number of aliphatic hydroxyl groups excluding tert-OH is 1. The van der Waals surface area contributed by atoms with E-state index in [-0.39, 0.29) is 37.0 Å². The summed E-state index contributed by atoms with van der Waals surface area (Å²) >= 11 is 0. The van der Waals surface area contributed by atoms with Crippen molar-refractivity contribution in [2.24, 2.45) is 5.73 Å². The van der Waals surface area contributed by atoms with Crippen LogP contribution in [0.4, 0.5) is 0 Å². The van der Waals surface area contributed by atoms with Crippen LogP contribution in [0.1, 0.15) is 19.3 Å². The van der Waals surface area contributed by atoms with Crippen LogP contribution in [0.2, 0.25) is 0 Å². The minimum atomic E-state index is -0.0833. The summed E-state index contributed by atoms with van der Waals surface area (Å²) in [6, 6.07) is 0. The highest BCUT2D eigenvalue weighted by Crippen LogP contribution is 2.17. The maximum atomic E-state index is 8.68. The Bertz CT molecular complexity index is 102. The fraction of sp³-hybridized carbons (Fsp3) is 1.00. The number of rotatable bonds is 2. The summed E-state index contributed by atoms with van der Waals surface area (Å²) in [5.41, 5.74) is 5.89. The normalized spacial score (nSPS) is 20.5. The molecule has 4 N–H and O–H groups in total. The minimum Gasteiger partial charge on any atom is -0.396 e. The van der Waals surface area contributed by atoms with Gasteiger partial charge in [-0.15, -0.1) is 24.8 Å². The minimum absolute atomic E-state index is 0. The van der Waals surface area contributed by atoms with Gasteiger partial charge in [0, 0.05) is 12.1 Å². The fourth-order valence-corrected chi connectivity index (χ4v) is 1.40. The van der Waals surface area contributed by atoms with E-state index >= 15 is 0 Å². The highest BCUT2D eigenvalue weighted by Gasteiger charge is 2.25. The third-order valence-corrected chi connectivity index (χ3v) is 2.21. The standard InChI is InChI=1S/C7H16N2O.2ClH/c8-7(3-6-10)1-4-9-5-2-7;;/h9-10H,1-6,8H2;2*1H. The molecule has 5 heteroatoms. The van der Waals surface area contributed by atoms with Crippen LogP contribution in [0.25, 0.3) is 0 Å². The first-order valence-corrected chi connectivity index (χ1v) is 3.87. The molecule has 1 saturated heterocycles. The maximum absolute atomic E-state index is 8.68. The molecule has 0 atom stereocenters. The van der Waals surface area contributed by atoms with Gasteiger partial charge in [0.15, 0.2) is 0 Å². The van der Waals surface area contributed by atoms with Crippen LogP contribution < -0.4 is 11.1 Å². The Morgan fingerprint density at radius 1 is 1.25 bits per heavy atom. The Morgan fingerprint density at radius 2 is 1.75 bits per heavy atom. The molecular formula is C7H18Cl2N2O. The second-order valence-electron chi connectivity index (χ2n) is 3.09. The fourth-order valence-electron chi connectivity index (χ4n) is 1.40. The monoisotopic (exact) mass is 216 g/mol. The molecule has 0 radical (unpaired) electrons. The predicted octanol–water partition coefficient (Wildman–Crippen LogP) is 0.293. The summed E-state index contributed by atoms with van der Waals surface area (Å²) in [5, 5.41) is 11.9. The summed E-state index contributed by atoms with van der Waals surface area (Å²) in [7, 11) is 0. The van der Waals surface area contributed by atoms with Gasteiger partial charge in [-0.1, -0.05) is 0 Å². The van der Waals surface area contributed by atoms with Crippen LogP contribution in [0, 0.1) is 0 Å². The number of nitrogens with two attached hydrogens (primary N) is 1. The van der Waals surface area contributed by atoms with Crippen molar-refractivity contribution in [3.05, 3.63) is 0 Å². The van der Waals surface area contributed by atoms with Gasteiger partial charge in [-0.05, 0) is 32.4 Å². The molecule has 0 aliphatic carbocycles. The highest BCUT2D eigenvalue weighted by atomic mass is 35.5. The van der Waals surface area contributed by atoms with E-state index in [4.69, 9.17) is 10.8 Å². The van der Waals surface area contributed by atoms with Gasteiger partial charge in [0.05, 0.1) is 0 Å². The molecule has 1 aliphatic rings. The Morgan fingerprint density at radius 3 is 2.17 bits per heavy atom. The Hall–Kier alpha value is 0.460. The maximum Gasteiger partial charge on any atom is 0.0448 e. The Labute approximate surface area is 85.9 Å². The first kappa shape index (κ1) is 15.0. The summed E-state index contributed by atoms with van der Waals surface area (Å²) in [6.45, 7) is 2.21.